The van der Waals surface area contributed by atoms with Crippen molar-refractivity contribution in [1.29, 1.82) is 0 Å². The van der Waals surface area contributed by atoms with Gasteiger partial charge in [0.1, 0.15) is 0 Å². The van der Waals surface area contributed by atoms with Crippen LogP contribution in [0.5, 0.6) is 0 Å². The van der Waals surface area contributed by atoms with Crippen LogP contribution in [0.1, 0.15) is 16.7 Å². The molecule has 138 valence electrons. The predicted octanol–water partition coefficient (Wildman–Crippen LogP) is 5.11. The molecule has 2 nitrogen and oxygen atoms in total. The Balaban J connectivity index is 1.89. The fraction of sp³-hybridized carbons (Fsp3) is 0.208. The molecule has 0 aliphatic carbocycles. The van der Waals surface area contributed by atoms with Crippen molar-refractivity contribution < 1.29 is 4.79 Å². The molecule has 0 fully saturated rings. The summed E-state index contributed by atoms with van der Waals surface area (Å²) in [5.41, 5.74) is 3.52. The van der Waals surface area contributed by atoms with Crippen molar-refractivity contribution in [3.63, 3.8) is 0 Å². The first-order valence-corrected chi connectivity index (χ1v) is 9.74. The van der Waals surface area contributed by atoms with E-state index in [-0.39, 0.29) is 17.7 Å². The zero-order chi connectivity index (χ0) is 18.9. The Morgan fingerprint density at radius 2 is 1.11 bits per heavy atom. The minimum atomic E-state index is -0.259. The number of nitrogens with zero attached hydrogens (tertiary/aromatic N) is 1. The van der Waals surface area contributed by atoms with E-state index in [0.29, 0.717) is 19.5 Å². The predicted molar refractivity (Wildman–Crippen MR) is 112 cm³/mol. The average molecular weight is 378 g/mol. The lowest BCUT2D eigenvalue weighted by molar-refractivity contribution is -0.122. The van der Waals surface area contributed by atoms with Crippen LogP contribution in [0.2, 0.25) is 0 Å². The van der Waals surface area contributed by atoms with Crippen molar-refractivity contribution in [3.8, 4) is 0 Å². The van der Waals surface area contributed by atoms with E-state index in [9.17, 15) is 4.79 Å². The molecule has 3 rings (SSSR count). The highest BCUT2D eigenvalue weighted by Crippen LogP contribution is 2.18. The molecule has 0 amide bonds. The molecule has 0 aromatic heterocycles. The summed E-state index contributed by atoms with van der Waals surface area (Å²) < 4.78 is 0. The SMILES string of the molecule is O=C(CCl)[C@H](Cc1ccccc1)N(Cc1ccccc1)Cc1ccccc1. The van der Waals surface area contributed by atoms with Crippen LogP contribution in [0.15, 0.2) is 91.0 Å². The molecule has 0 unspecified atom stereocenters. The van der Waals surface area contributed by atoms with Gasteiger partial charge in [0.2, 0.25) is 0 Å². The number of alkyl halides is 1. The van der Waals surface area contributed by atoms with Gasteiger partial charge in [-0.1, -0.05) is 91.0 Å². The van der Waals surface area contributed by atoms with E-state index in [4.69, 9.17) is 11.6 Å². The second kappa shape index (κ2) is 10.1. The van der Waals surface area contributed by atoms with Gasteiger partial charge in [0, 0.05) is 13.1 Å². The van der Waals surface area contributed by atoms with Gasteiger partial charge < -0.3 is 0 Å². The van der Waals surface area contributed by atoms with Crippen molar-refractivity contribution in [2.24, 2.45) is 0 Å². The van der Waals surface area contributed by atoms with Gasteiger partial charge in [-0.3, -0.25) is 9.69 Å². The Morgan fingerprint density at radius 3 is 1.52 bits per heavy atom. The minimum absolute atomic E-state index is 0.0254. The Morgan fingerprint density at radius 1 is 0.704 bits per heavy atom. The molecule has 3 aromatic rings. The first-order chi connectivity index (χ1) is 13.3. The smallest absolute Gasteiger partial charge is 0.164 e. The van der Waals surface area contributed by atoms with Crippen molar-refractivity contribution in [1.82, 2.24) is 4.90 Å². The lowest BCUT2D eigenvalue weighted by Gasteiger charge is -2.31. The number of hydrogen-bond acceptors (Lipinski definition) is 2. The van der Waals surface area contributed by atoms with Crippen LogP contribution in [0.3, 0.4) is 0 Å². The van der Waals surface area contributed by atoms with Gasteiger partial charge in [-0.2, -0.15) is 0 Å². The standard InChI is InChI=1S/C24H24ClNO/c25-17-24(27)23(16-20-10-4-1-5-11-20)26(18-21-12-6-2-7-13-21)19-22-14-8-3-9-15-22/h1-15,23H,16-19H2/t23-/m0/s1. The highest BCUT2D eigenvalue weighted by Gasteiger charge is 2.26. The van der Waals surface area contributed by atoms with Crippen LogP contribution < -0.4 is 0 Å². The number of rotatable bonds is 9. The zero-order valence-corrected chi connectivity index (χ0v) is 16.1. The maximum atomic E-state index is 12.8. The van der Waals surface area contributed by atoms with Crippen LogP contribution in [0.25, 0.3) is 0 Å². The van der Waals surface area contributed by atoms with E-state index < -0.39 is 0 Å². The lowest BCUT2D eigenvalue weighted by atomic mass is 10.00. The van der Waals surface area contributed by atoms with Gasteiger partial charge >= 0.3 is 0 Å². The van der Waals surface area contributed by atoms with E-state index >= 15 is 0 Å². The van der Waals surface area contributed by atoms with Crippen molar-refractivity contribution in [3.05, 3.63) is 108 Å². The summed E-state index contributed by atoms with van der Waals surface area (Å²) in [6, 6.07) is 30.4. The monoisotopic (exact) mass is 377 g/mol. The Hall–Kier alpha value is -2.42. The number of halogens is 1. The number of Topliss-reactive ketones (excluding diaryl/α,β-unsaturated/α-hetero) is 1. The summed E-state index contributed by atoms with van der Waals surface area (Å²) in [5, 5.41) is 0. The van der Waals surface area contributed by atoms with Crippen LogP contribution in [-0.2, 0) is 24.3 Å². The van der Waals surface area contributed by atoms with Gasteiger partial charge in [0.05, 0.1) is 11.9 Å². The van der Waals surface area contributed by atoms with Crippen molar-refractivity contribution >= 4 is 17.4 Å². The molecular formula is C24H24ClNO. The summed E-state index contributed by atoms with van der Waals surface area (Å²) in [5.74, 6) is 0.0878. The van der Waals surface area contributed by atoms with Gasteiger partial charge in [-0.15, -0.1) is 11.6 Å². The summed E-state index contributed by atoms with van der Waals surface area (Å²) in [7, 11) is 0. The van der Waals surface area contributed by atoms with Crippen LogP contribution in [0.4, 0.5) is 0 Å². The van der Waals surface area contributed by atoms with E-state index in [1.807, 2.05) is 54.6 Å². The molecule has 0 saturated heterocycles. The molecule has 3 heteroatoms. The van der Waals surface area contributed by atoms with E-state index in [0.717, 1.165) is 5.56 Å². The zero-order valence-electron chi connectivity index (χ0n) is 15.3. The largest absolute Gasteiger partial charge is 0.297 e. The van der Waals surface area contributed by atoms with Crippen LogP contribution >= 0.6 is 11.6 Å². The molecule has 0 radical (unpaired) electrons. The maximum Gasteiger partial charge on any atom is 0.164 e. The number of hydrogen-bond donors (Lipinski definition) is 0. The molecular weight excluding hydrogens is 354 g/mol. The third-order valence-electron chi connectivity index (χ3n) is 4.67. The topological polar surface area (TPSA) is 20.3 Å². The van der Waals surface area contributed by atoms with E-state index in [1.54, 1.807) is 0 Å². The molecule has 27 heavy (non-hydrogen) atoms. The molecule has 0 saturated carbocycles. The first-order valence-electron chi connectivity index (χ1n) is 9.21. The van der Waals surface area contributed by atoms with Crippen molar-refractivity contribution in [2.45, 2.75) is 25.6 Å². The number of carbonyl (C=O) groups excluding carboxylic acids is 1. The number of carbonyl (C=O) groups is 1. The second-order valence-corrected chi connectivity index (χ2v) is 6.95. The molecule has 3 aromatic carbocycles. The molecule has 0 spiro atoms. The molecule has 0 N–H and O–H groups in total. The highest BCUT2D eigenvalue weighted by atomic mass is 35.5. The van der Waals surface area contributed by atoms with Gasteiger partial charge in [0.25, 0.3) is 0 Å². The first kappa shape index (κ1) is 19.3. The summed E-state index contributed by atoms with van der Waals surface area (Å²) >= 11 is 5.99. The third kappa shape index (κ3) is 5.78. The van der Waals surface area contributed by atoms with Crippen LogP contribution in [0, 0.1) is 0 Å². The maximum absolute atomic E-state index is 12.8. The van der Waals surface area contributed by atoms with Gasteiger partial charge in [0.15, 0.2) is 5.78 Å². The number of benzene rings is 3. The molecule has 0 bridgehead atoms. The Bertz CT molecular complexity index is 779. The van der Waals surface area contributed by atoms with E-state index in [2.05, 4.69) is 41.3 Å². The van der Waals surface area contributed by atoms with Crippen LogP contribution in [-0.4, -0.2) is 22.6 Å². The lowest BCUT2D eigenvalue weighted by Crippen LogP contribution is -2.42. The Labute approximate surface area is 166 Å². The van der Waals surface area contributed by atoms with E-state index in [1.165, 1.54) is 11.1 Å². The minimum Gasteiger partial charge on any atom is -0.297 e. The normalized spacial score (nSPS) is 12.1. The molecule has 0 heterocycles. The Kier molecular flexibility index (Phi) is 7.20. The molecule has 0 aliphatic rings. The number of ketones is 1. The van der Waals surface area contributed by atoms with Gasteiger partial charge in [-0.05, 0) is 23.1 Å². The third-order valence-corrected chi connectivity index (χ3v) is 4.94. The summed E-state index contributed by atoms with van der Waals surface area (Å²) in [6.07, 6.45) is 0.659. The van der Waals surface area contributed by atoms with Crippen molar-refractivity contribution in [2.75, 3.05) is 5.88 Å². The fourth-order valence-electron chi connectivity index (χ4n) is 3.29. The summed E-state index contributed by atoms with van der Waals surface area (Å²) in [4.78, 5) is 15.0. The van der Waals surface area contributed by atoms with Gasteiger partial charge in [-0.25, -0.2) is 0 Å². The average Bonchev–Trinajstić information content (AvgIpc) is 2.73. The molecule has 0 aliphatic heterocycles. The second-order valence-electron chi connectivity index (χ2n) is 6.68. The summed E-state index contributed by atoms with van der Waals surface area (Å²) in [6.45, 7) is 1.41. The fourth-order valence-corrected chi connectivity index (χ4v) is 3.46. The molecule has 1 atom stereocenters. The quantitative estimate of drug-likeness (QED) is 0.483. The highest BCUT2D eigenvalue weighted by molar-refractivity contribution is 6.28.